The van der Waals surface area contributed by atoms with Crippen molar-refractivity contribution < 1.29 is 14.7 Å². The van der Waals surface area contributed by atoms with Crippen LogP contribution in [0.25, 0.3) is 0 Å². The number of carboxylic acids is 1. The van der Waals surface area contributed by atoms with Gasteiger partial charge in [-0.1, -0.05) is 6.92 Å². The second-order valence-electron chi connectivity index (χ2n) is 2.35. The van der Waals surface area contributed by atoms with E-state index in [2.05, 4.69) is 0 Å². The molecule has 1 atom stereocenters. The number of rotatable bonds is 4. The van der Waals surface area contributed by atoms with Gasteiger partial charge in [0.1, 0.15) is 0 Å². The van der Waals surface area contributed by atoms with Crippen molar-refractivity contribution in [3.63, 3.8) is 0 Å². The van der Waals surface area contributed by atoms with Crippen molar-refractivity contribution >= 4 is 24.3 Å². The van der Waals surface area contributed by atoms with Gasteiger partial charge in [-0.3, -0.25) is 15.0 Å². The number of amides is 1. The lowest BCUT2D eigenvalue weighted by molar-refractivity contribution is -0.141. The quantitative estimate of drug-likeness (QED) is 0.333. The van der Waals surface area contributed by atoms with Crippen LogP contribution >= 0.6 is 12.4 Å². The van der Waals surface area contributed by atoms with E-state index in [1.165, 1.54) is 0 Å². The Labute approximate surface area is 76.7 Å². The molecule has 0 saturated carbocycles. The minimum atomic E-state index is -0.894. The van der Waals surface area contributed by atoms with Gasteiger partial charge in [-0.2, -0.15) is 0 Å². The molecule has 6 heteroatoms. The Morgan fingerprint density at radius 2 is 2.08 bits per heavy atom. The lowest BCUT2D eigenvalue weighted by Crippen LogP contribution is -2.30. The van der Waals surface area contributed by atoms with Crippen molar-refractivity contribution in [2.45, 2.75) is 19.8 Å². The molecule has 0 radical (unpaired) electrons. The topological polar surface area (TPSA) is 92.4 Å². The molecule has 0 aliphatic rings. The lowest BCUT2D eigenvalue weighted by Gasteiger charge is -2.03. The molecule has 0 bridgehead atoms. The summed E-state index contributed by atoms with van der Waals surface area (Å²) >= 11 is 0. The Hall–Kier alpha value is -0.810. The molecule has 12 heavy (non-hydrogen) atoms. The van der Waals surface area contributed by atoms with E-state index in [0.717, 1.165) is 0 Å². The number of carboxylic acid groups (broad SMARTS) is 1. The summed E-state index contributed by atoms with van der Waals surface area (Å²) in [5.74, 6) is 3.07. The van der Waals surface area contributed by atoms with Crippen LogP contribution in [-0.4, -0.2) is 17.0 Å². The standard InChI is InChI=1S/C6H12N2O3.ClH/c1-4(6(10)11)2-3-5(9)8-7;/h4H,2-3,7H2,1H3,(H,8,9)(H,10,11);1H. The third-order valence-corrected chi connectivity index (χ3v) is 1.39. The summed E-state index contributed by atoms with van der Waals surface area (Å²) in [5, 5.41) is 8.40. The number of nitrogens with two attached hydrogens (primary N) is 1. The predicted molar refractivity (Wildman–Crippen MR) is 45.6 cm³/mol. The van der Waals surface area contributed by atoms with E-state index in [9.17, 15) is 9.59 Å². The third-order valence-electron chi connectivity index (χ3n) is 1.39. The van der Waals surface area contributed by atoms with Gasteiger partial charge in [0.2, 0.25) is 5.91 Å². The second kappa shape index (κ2) is 6.87. The van der Waals surface area contributed by atoms with Gasteiger partial charge in [-0.25, -0.2) is 5.84 Å². The molecule has 4 N–H and O–H groups in total. The summed E-state index contributed by atoms with van der Waals surface area (Å²) in [4.78, 5) is 20.7. The number of hydrogen-bond donors (Lipinski definition) is 3. The van der Waals surface area contributed by atoms with Crippen LogP contribution in [-0.2, 0) is 9.59 Å². The van der Waals surface area contributed by atoms with Crippen LogP contribution in [0.1, 0.15) is 19.8 Å². The smallest absolute Gasteiger partial charge is 0.306 e. The summed E-state index contributed by atoms with van der Waals surface area (Å²) < 4.78 is 0. The first-order valence-electron chi connectivity index (χ1n) is 3.30. The molecule has 0 heterocycles. The zero-order valence-corrected chi connectivity index (χ0v) is 7.56. The van der Waals surface area contributed by atoms with Crippen LogP contribution in [0.5, 0.6) is 0 Å². The molecule has 0 fully saturated rings. The van der Waals surface area contributed by atoms with Crippen LogP contribution in [0, 0.1) is 5.92 Å². The van der Waals surface area contributed by atoms with Crippen molar-refractivity contribution in [3.8, 4) is 0 Å². The number of hydrogen-bond acceptors (Lipinski definition) is 3. The molecule has 1 unspecified atom stereocenters. The molecule has 0 aromatic rings. The maximum atomic E-state index is 10.5. The van der Waals surface area contributed by atoms with Crippen LogP contribution in [0.4, 0.5) is 0 Å². The van der Waals surface area contributed by atoms with Gasteiger partial charge < -0.3 is 5.11 Å². The Bertz CT molecular complexity index is 163. The SMILES string of the molecule is CC(CCC(=O)NN)C(=O)O.Cl. The zero-order valence-electron chi connectivity index (χ0n) is 6.74. The van der Waals surface area contributed by atoms with Gasteiger partial charge in [0, 0.05) is 6.42 Å². The molecule has 0 rings (SSSR count). The number of carbonyl (C=O) groups is 2. The average molecular weight is 197 g/mol. The predicted octanol–water partition coefficient (Wildman–Crippen LogP) is -0.101. The highest BCUT2D eigenvalue weighted by Crippen LogP contribution is 2.04. The molecule has 1 amide bonds. The second-order valence-corrected chi connectivity index (χ2v) is 2.35. The van der Waals surface area contributed by atoms with E-state index in [4.69, 9.17) is 10.9 Å². The van der Waals surface area contributed by atoms with Crippen LogP contribution in [0.15, 0.2) is 0 Å². The first kappa shape index (κ1) is 13.8. The van der Waals surface area contributed by atoms with Crippen LogP contribution in [0.2, 0.25) is 0 Å². The number of aliphatic carboxylic acids is 1. The van der Waals surface area contributed by atoms with Crippen molar-refractivity contribution in [1.82, 2.24) is 5.43 Å². The van der Waals surface area contributed by atoms with Crippen LogP contribution in [0.3, 0.4) is 0 Å². The van der Waals surface area contributed by atoms with Crippen LogP contribution < -0.4 is 11.3 Å². The van der Waals surface area contributed by atoms with Gasteiger partial charge >= 0.3 is 5.97 Å². The van der Waals surface area contributed by atoms with Gasteiger partial charge in [-0.15, -0.1) is 12.4 Å². The highest BCUT2D eigenvalue weighted by molar-refractivity contribution is 5.85. The number of hydrazine groups is 1. The van der Waals surface area contributed by atoms with Gasteiger partial charge in [0.15, 0.2) is 0 Å². The highest BCUT2D eigenvalue weighted by Gasteiger charge is 2.11. The molecule has 0 aromatic carbocycles. The molecule has 0 spiro atoms. The molecule has 0 aliphatic carbocycles. The maximum Gasteiger partial charge on any atom is 0.306 e. The first-order chi connectivity index (χ1) is 5.07. The van der Waals surface area contributed by atoms with E-state index in [0.29, 0.717) is 6.42 Å². The van der Waals surface area contributed by atoms with Crippen molar-refractivity contribution in [3.05, 3.63) is 0 Å². The summed E-state index contributed by atoms with van der Waals surface area (Å²) in [7, 11) is 0. The molecule has 5 nitrogen and oxygen atoms in total. The van der Waals surface area contributed by atoms with E-state index in [-0.39, 0.29) is 24.7 Å². The zero-order chi connectivity index (χ0) is 8.85. The summed E-state index contributed by atoms with van der Waals surface area (Å²) in [5.41, 5.74) is 1.93. The van der Waals surface area contributed by atoms with Gasteiger partial charge in [0.25, 0.3) is 0 Å². The Morgan fingerprint density at radius 3 is 2.42 bits per heavy atom. The minimum Gasteiger partial charge on any atom is -0.481 e. The normalized spacial score (nSPS) is 11.2. The Kier molecular flexibility index (Phi) is 7.88. The van der Waals surface area contributed by atoms with E-state index in [1.807, 2.05) is 5.43 Å². The van der Waals surface area contributed by atoms with E-state index < -0.39 is 11.9 Å². The Balaban J connectivity index is 0. The molecule has 0 saturated heterocycles. The third kappa shape index (κ3) is 5.94. The monoisotopic (exact) mass is 196 g/mol. The van der Waals surface area contributed by atoms with Crippen molar-refractivity contribution in [2.24, 2.45) is 11.8 Å². The van der Waals surface area contributed by atoms with Gasteiger partial charge in [-0.05, 0) is 6.42 Å². The maximum absolute atomic E-state index is 10.5. The summed E-state index contributed by atoms with van der Waals surface area (Å²) in [6.45, 7) is 1.55. The lowest BCUT2D eigenvalue weighted by atomic mass is 10.1. The minimum absolute atomic E-state index is 0. The molecule has 0 aromatic heterocycles. The molecular weight excluding hydrogens is 184 g/mol. The molecular formula is C6H13ClN2O3. The first-order valence-corrected chi connectivity index (χ1v) is 3.30. The fraction of sp³-hybridized carbons (Fsp3) is 0.667. The summed E-state index contributed by atoms with van der Waals surface area (Å²) in [6.07, 6.45) is 0.475. The molecule has 72 valence electrons. The molecule has 0 aliphatic heterocycles. The fourth-order valence-corrected chi connectivity index (χ4v) is 0.543. The summed E-state index contributed by atoms with van der Waals surface area (Å²) in [6, 6.07) is 0. The van der Waals surface area contributed by atoms with E-state index in [1.54, 1.807) is 6.92 Å². The Morgan fingerprint density at radius 1 is 1.58 bits per heavy atom. The van der Waals surface area contributed by atoms with E-state index >= 15 is 0 Å². The van der Waals surface area contributed by atoms with Crippen molar-refractivity contribution in [1.29, 1.82) is 0 Å². The average Bonchev–Trinajstić information content (AvgIpc) is 1.99. The largest absolute Gasteiger partial charge is 0.481 e. The number of carbonyl (C=O) groups excluding carboxylic acids is 1. The number of halogens is 1. The van der Waals surface area contributed by atoms with Gasteiger partial charge in [0.05, 0.1) is 5.92 Å². The van der Waals surface area contributed by atoms with Crippen molar-refractivity contribution in [2.75, 3.05) is 0 Å². The fourth-order valence-electron chi connectivity index (χ4n) is 0.543. The number of nitrogens with one attached hydrogen (secondary N) is 1. The highest BCUT2D eigenvalue weighted by atomic mass is 35.5.